The van der Waals surface area contributed by atoms with Crippen LogP contribution in [-0.4, -0.2) is 19.0 Å². The van der Waals surface area contributed by atoms with E-state index in [-0.39, 0.29) is 17.5 Å². The maximum Gasteiger partial charge on any atom is 0.230 e. The molecule has 0 radical (unpaired) electrons. The van der Waals surface area contributed by atoms with Gasteiger partial charge in [-0.3, -0.25) is 4.79 Å². The Bertz CT molecular complexity index is 371. The minimum Gasteiger partial charge on any atom is -0.321 e. The van der Waals surface area contributed by atoms with Crippen LogP contribution in [0.5, 0.6) is 0 Å². The molecule has 0 aliphatic carbocycles. The highest BCUT2D eigenvalue weighted by Gasteiger charge is 2.26. The van der Waals surface area contributed by atoms with Crippen LogP contribution in [0, 0.1) is 17.6 Å². The summed E-state index contributed by atoms with van der Waals surface area (Å²) in [5.41, 5.74) is -0.366. The number of benzene rings is 1. The van der Waals surface area contributed by atoms with E-state index in [1.54, 1.807) is 0 Å². The van der Waals surface area contributed by atoms with Crippen molar-refractivity contribution in [1.82, 2.24) is 5.32 Å². The summed E-state index contributed by atoms with van der Waals surface area (Å²) in [4.78, 5) is 11.4. The predicted octanol–water partition coefficient (Wildman–Crippen LogP) is 1.12. The third-order valence-electron chi connectivity index (χ3n) is 2.36. The molecule has 2 N–H and O–H groups in total. The first-order valence-electron chi connectivity index (χ1n) is 4.64. The average Bonchev–Trinajstić information content (AvgIpc) is 2.08. The molecule has 1 aliphatic rings. The van der Waals surface area contributed by atoms with E-state index in [0.717, 1.165) is 12.1 Å². The van der Waals surface area contributed by atoms with Gasteiger partial charge in [0.25, 0.3) is 0 Å². The zero-order valence-corrected chi connectivity index (χ0v) is 7.89. The average molecular weight is 212 g/mol. The molecular weight excluding hydrogens is 202 g/mol. The quantitative estimate of drug-likeness (QED) is 0.771. The van der Waals surface area contributed by atoms with Crippen LogP contribution in [0.2, 0.25) is 0 Å². The number of hydrogen-bond acceptors (Lipinski definition) is 2. The van der Waals surface area contributed by atoms with Crippen LogP contribution in [-0.2, 0) is 4.79 Å². The molecule has 15 heavy (non-hydrogen) atoms. The second-order valence-corrected chi connectivity index (χ2v) is 3.44. The summed E-state index contributed by atoms with van der Waals surface area (Å²) in [7, 11) is 0. The molecule has 5 heteroatoms. The molecule has 0 bridgehead atoms. The standard InChI is InChI=1S/C10H10F2N2O/c11-7-2-1-3-8(12)9(7)14-10(15)6-4-13-5-6/h1-3,6,13H,4-5H2,(H,14,15). The number of hydrogen-bond donors (Lipinski definition) is 2. The number of carbonyl (C=O) groups is 1. The van der Waals surface area contributed by atoms with Gasteiger partial charge in [0.1, 0.15) is 17.3 Å². The maximum atomic E-state index is 13.1. The Balaban J connectivity index is 2.12. The third kappa shape index (κ3) is 1.97. The van der Waals surface area contributed by atoms with Crippen molar-refractivity contribution >= 4 is 11.6 Å². The van der Waals surface area contributed by atoms with Gasteiger partial charge in [-0.25, -0.2) is 8.78 Å². The van der Waals surface area contributed by atoms with Gasteiger partial charge >= 0.3 is 0 Å². The van der Waals surface area contributed by atoms with E-state index in [1.165, 1.54) is 6.07 Å². The summed E-state index contributed by atoms with van der Waals surface area (Å²) in [6.07, 6.45) is 0. The summed E-state index contributed by atoms with van der Waals surface area (Å²) in [6.45, 7) is 1.11. The summed E-state index contributed by atoms with van der Waals surface area (Å²) in [5.74, 6) is -2.05. The second kappa shape index (κ2) is 3.94. The predicted molar refractivity (Wildman–Crippen MR) is 51.3 cm³/mol. The fourth-order valence-electron chi connectivity index (χ4n) is 1.32. The van der Waals surface area contributed by atoms with Gasteiger partial charge < -0.3 is 10.6 Å². The highest BCUT2D eigenvalue weighted by Crippen LogP contribution is 2.19. The SMILES string of the molecule is O=C(Nc1c(F)cccc1F)C1CNC1. The highest BCUT2D eigenvalue weighted by molar-refractivity contribution is 5.93. The molecule has 1 aromatic carbocycles. The van der Waals surface area contributed by atoms with Gasteiger partial charge in [0.05, 0.1) is 5.92 Å². The Labute approximate surface area is 85.5 Å². The van der Waals surface area contributed by atoms with Gasteiger partial charge in [0.2, 0.25) is 5.91 Å². The lowest BCUT2D eigenvalue weighted by atomic mass is 10.0. The van der Waals surface area contributed by atoms with Gasteiger partial charge in [-0.05, 0) is 12.1 Å². The smallest absolute Gasteiger partial charge is 0.230 e. The van der Waals surface area contributed by atoms with Gasteiger partial charge in [-0.2, -0.15) is 0 Å². The van der Waals surface area contributed by atoms with Crippen molar-refractivity contribution in [1.29, 1.82) is 0 Å². The molecule has 0 atom stereocenters. The molecule has 1 fully saturated rings. The van der Waals surface area contributed by atoms with Gasteiger partial charge in [-0.15, -0.1) is 0 Å². The molecule has 2 rings (SSSR count). The van der Waals surface area contributed by atoms with Crippen molar-refractivity contribution in [2.24, 2.45) is 5.92 Å². The molecule has 3 nitrogen and oxygen atoms in total. The molecule has 1 saturated heterocycles. The molecule has 1 aliphatic heterocycles. The van der Waals surface area contributed by atoms with Crippen LogP contribution >= 0.6 is 0 Å². The first-order chi connectivity index (χ1) is 7.18. The van der Waals surface area contributed by atoms with E-state index in [1.807, 2.05) is 0 Å². The lowest BCUT2D eigenvalue weighted by Gasteiger charge is -2.25. The molecule has 1 aromatic rings. The van der Waals surface area contributed by atoms with Gasteiger partial charge in [-0.1, -0.05) is 6.07 Å². The molecule has 0 aromatic heterocycles. The number of para-hydroxylation sites is 1. The summed E-state index contributed by atoms with van der Waals surface area (Å²) < 4.78 is 26.3. The highest BCUT2D eigenvalue weighted by atomic mass is 19.1. The largest absolute Gasteiger partial charge is 0.321 e. The third-order valence-corrected chi connectivity index (χ3v) is 2.36. The van der Waals surface area contributed by atoms with Crippen LogP contribution < -0.4 is 10.6 Å². The minimum atomic E-state index is -0.754. The van der Waals surface area contributed by atoms with E-state index < -0.39 is 11.6 Å². The van der Waals surface area contributed by atoms with Crippen LogP contribution in [0.1, 0.15) is 0 Å². The molecule has 0 spiro atoms. The molecule has 80 valence electrons. The number of nitrogens with one attached hydrogen (secondary N) is 2. The van der Waals surface area contributed by atoms with Crippen LogP contribution in [0.25, 0.3) is 0 Å². The number of carbonyl (C=O) groups excluding carboxylic acids is 1. The molecular formula is C10H10F2N2O. The molecule has 0 saturated carbocycles. The first-order valence-corrected chi connectivity index (χ1v) is 4.64. The van der Waals surface area contributed by atoms with E-state index in [0.29, 0.717) is 13.1 Å². The minimum absolute atomic E-state index is 0.191. The van der Waals surface area contributed by atoms with E-state index in [4.69, 9.17) is 0 Å². The Morgan fingerprint density at radius 1 is 1.33 bits per heavy atom. The van der Waals surface area contributed by atoms with Gasteiger partial charge in [0, 0.05) is 13.1 Å². The summed E-state index contributed by atoms with van der Waals surface area (Å²) in [5, 5.41) is 5.16. The summed E-state index contributed by atoms with van der Waals surface area (Å²) in [6, 6.07) is 3.47. The van der Waals surface area contributed by atoms with Crippen molar-refractivity contribution in [2.75, 3.05) is 18.4 Å². The Kier molecular flexibility index (Phi) is 2.64. The zero-order valence-electron chi connectivity index (χ0n) is 7.89. The molecule has 1 amide bonds. The van der Waals surface area contributed by atoms with E-state index in [9.17, 15) is 13.6 Å². The summed E-state index contributed by atoms with van der Waals surface area (Å²) >= 11 is 0. The molecule has 0 unspecified atom stereocenters. The fourth-order valence-corrected chi connectivity index (χ4v) is 1.32. The number of halogens is 2. The van der Waals surface area contributed by atoms with Crippen molar-refractivity contribution in [3.63, 3.8) is 0 Å². The number of amides is 1. The lowest BCUT2D eigenvalue weighted by Crippen LogP contribution is -2.48. The van der Waals surface area contributed by atoms with Crippen molar-refractivity contribution in [3.05, 3.63) is 29.8 Å². The van der Waals surface area contributed by atoms with Crippen molar-refractivity contribution in [2.45, 2.75) is 0 Å². The van der Waals surface area contributed by atoms with E-state index in [2.05, 4.69) is 10.6 Å². The van der Waals surface area contributed by atoms with E-state index >= 15 is 0 Å². The van der Waals surface area contributed by atoms with Gasteiger partial charge in [0.15, 0.2) is 0 Å². The Morgan fingerprint density at radius 3 is 2.40 bits per heavy atom. The number of anilines is 1. The number of rotatable bonds is 2. The zero-order chi connectivity index (χ0) is 10.8. The molecule has 1 heterocycles. The monoisotopic (exact) mass is 212 g/mol. The van der Waals surface area contributed by atoms with Crippen LogP contribution in [0.15, 0.2) is 18.2 Å². The fraction of sp³-hybridized carbons (Fsp3) is 0.300. The lowest BCUT2D eigenvalue weighted by molar-refractivity contribution is -0.121. The first kappa shape index (κ1) is 10.0. The maximum absolute atomic E-state index is 13.1. The topological polar surface area (TPSA) is 41.1 Å². The Morgan fingerprint density at radius 2 is 1.93 bits per heavy atom. The van der Waals surface area contributed by atoms with Crippen LogP contribution in [0.3, 0.4) is 0 Å². The van der Waals surface area contributed by atoms with Crippen molar-refractivity contribution in [3.8, 4) is 0 Å². The Hall–Kier alpha value is -1.49. The van der Waals surface area contributed by atoms with Crippen molar-refractivity contribution < 1.29 is 13.6 Å². The second-order valence-electron chi connectivity index (χ2n) is 3.44. The van der Waals surface area contributed by atoms with Crippen LogP contribution in [0.4, 0.5) is 14.5 Å². The normalized spacial score (nSPS) is 15.9.